The van der Waals surface area contributed by atoms with Crippen LogP contribution < -0.4 is 10.6 Å². The van der Waals surface area contributed by atoms with E-state index in [1.54, 1.807) is 18.6 Å². The van der Waals surface area contributed by atoms with Gasteiger partial charge in [-0.1, -0.05) is 47.5 Å². The summed E-state index contributed by atoms with van der Waals surface area (Å²) in [5.74, 6) is -0.721. The largest absolute Gasteiger partial charge is 0.350 e. The molecule has 1 heterocycles. The Kier molecular flexibility index (Phi) is 6.68. The average Bonchev–Trinajstić information content (AvgIpc) is 3.18. The van der Waals surface area contributed by atoms with Gasteiger partial charge in [-0.05, 0) is 29.3 Å². The molecule has 0 fully saturated rings. The van der Waals surface area contributed by atoms with Crippen molar-refractivity contribution < 1.29 is 9.59 Å². The molecule has 0 saturated carbocycles. The van der Waals surface area contributed by atoms with Gasteiger partial charge in [-0.2, -0.15) is 0 Å². The van der Waals surface area contributed by atoms with Gasteiger partial charge in [0.05, 0.1) is 23.5 Å². The molecule has 2 aromatic carbocycles. The van der Waals surface area contributed by atoms with Gasteiger partial charge in [0.25, 0.3) is 5.91 Å². The lowest BCUT2D eigenvalue weighted by Crippen LogP contribution is -2.36. The van der Waals surface area contributed by atoms with E-state index in [4.69, 9.17) is 23.2 Å². The second kappa shape index (κ2) is 9.39. The summed E-state index contributed by atoms with van der Waals surface area (Å²) in [6.45, 7) is 0.976. The number of aromatic nitrogens is 2. The van der Waals surface area contributed by atoms with E-state index in [2.05, 4.69) is 15.6 Å². The second-order valence-electron chi connectivity index (χ2n) is 6.14. The maximum atomic E-state index is 12.1. The first-order valence-corrected chi connectivity index (χ1v) is 9.30. The van der Waals surface area contributed by atoms with Gasteiger partial charge in [0, 0.05) is 30.5 Å². The smallest absolute Gasteiger partial charge is 0.253 e. The van der Waals surface area contributed by atoms with Crippen molar-refractivity contribution in [1.82, 2.24) is 20.2 Å². The molecule has 2 N–H and O–H groups in total. The maximum Gasteiger partial charge on any atom is 0.253 e. The lowest BCUT2D eigenvalue weighted by molar-refractivity contribution is -0.120. The molecule has 28 heavy (non-hydrogen) atoms. The number of amides is 2. The number of hydrogen-bond donors (Lipinski definition) is 2. The molecule has 0 radical (unpaired) electrons. The molecule has 6 nitrogen and oxygen atoms in total. The van der Waals surface area contributed by atoms with E-state index in [1.165, 1.54) is 12.1 Å². The van der Waals surface area contributed by atoms with Crippen LogP contribution in [0, 0.1) is 0 Å². The highest BCUT2D eigenvalue weighted by Crippen LogP contribution is 2.20. The molecule has 2 amide bonds. The number of carbonyl (C=O) groups is 2. The van der Waals surface area contributed by atoms with Gasteiger partial charge in [-0.25, -0.2) is 4.98 Å². The first-order chi connectivity index (χ1) is 13.5. The Labute approximate surface area is 172 Å². The lowest BCUT2D eigenvalue weighted by Gasteiger charge is -2.09. The van der Waals surface area contributed by atoms with Gasteiger partial charge in [-0.3, -0.25) is 9.59 Å². The van der Waals surface area contributed by atoms with Gasteiger partial charge in [0.2, 0.25) is 5.91 Å². The molecule has 0 spiro atoms. The maximum absolute atomic E-state index is 12.1. The number of nitrogens with zero attached hydrogens (tertiary/aromatic N) is 2. The fraction of sp³-hybridized carbons (Fsp3) is 0.150. The Balaban J connectivity index is 1.44. The third-order valence-electron chi connectivity index (χ3n) is 4.02. The number of imidazole rings is 1. The van der Waals surface area contributed by atoms with Crippen molar-refractivity contribution in [3.05, 3.63) is 87.9 Å². The standard InChI is InChI=1S/C20H18Cl2N4O2/c21-16-5-6-17(18(22)9-16)20(28)25-11-19(27)24-10-14-1-3-15(4-2-14)12-26-8-7-23-13-26/h1-9,13H,10-12H2,(H,24,27)(H,25,28). The predicted molar refractivity (Wildman–Crippen MR) is 108 cm³/mol. The van der Waals surface area contributed by atoms with Gasteiger partial charge in [0.15, 0.2) is 0 Å². The Hall–Kier alpha value is -2.83. The van der Waals surface area contributed by atoms with E-state index in [9.17, 15) is 9.59 Å². The quantitative estimate of drug-likeness (QED) is 0.620. The van der Waals surface area contributed by atoms with Crippen molar-refractivity contribution in [2.45, 2.75) is 13.1 Å². The number of carbonyl (C=O) groups excluding carboxylic acids is 2. The molecule has 8 heteroatoms. The van der Waals surface area contributed by atoms with Crippen LogP contribution in [-0.2, 0) is 17.9 Å². The van der Waals surface area contributed by atoms with Crippen molar-refractivity contribution in [2.75, 3.05) is 6.54 Å². The first kappa shape index (κ1) is 19.9. The molecule has 1 aromatic heterocycles. The summed E-state index contributed by atoms with van der Waals surface area (Å²) >= 11 is 11.8. The molecular formula is C20H18Cl2N4O2. The van der Waals surface area contributed by atoms with E-state index >= 15 is 0 Å². The lowest BCUT2D eigenvalue weighted by atomic mass is 10.1. The molecule has 0 atom stereocenters. The van der Waals surface area contributed by atoms with Crippen LogP contribution in [0.15, 0.2) is 61.2 Å². The van der Waals surface area contributed by atoms with Gasteiger partial charge < -0.3 is 15.2 Å². The Morgan fingerprint density at radius 3 is 2.43 bits per heavy atom. The Morgan fingerprint density at radius 2 is 1.75 bits per heavy atom. The van der Waals surface area contributed by atoms with Crippen molar-refractivity contribution >= 4 is 35.0 Å². The predicted octanol–water partition coefficient (Wildman–Crippen LogP) is 3.28. The summed E-state index contributed by atoms with van der Waals surface area (Å²) in [7, 11) is 0. The summed E-state index contributed by atoms with van der Waals surface area (Å²) < 4.78 is 1.98. The summed E-state index contributed by atoms with van der Waals surface area (Å²) in [6.07, 6.45) is 5.41. The molecular weight excluding hydrogens is 399 g/mol. The van der Waals surface area contributed by atoms with Gasteiger partial charge >= 0.3 is 0 Å². The number of halogens is 2. The summed E-state index contributed by atoms with van der Waals surface area (Å²) in [6, 6.07) is 12.5. The SMILES string of the molecule is O=C(CNC(=O)c1ccc(Cl)cc1Cl)NCc1ccc(Cn2ccnc2)cc1. The van der Waals surface area contributed by atoms with Crippen molar-refractivity contribution in [3.63, 3.8) is 0 Å². The van der Waals surface area contributed by atoms with Crippen LogP contribution in [0.5, 0.6) is 0 Å². The second-order valence-corrected chi connectivity index (χ2v) is 6.98. The molecule has 0 aliphatic heterocycles. The fourth-order valence-electron chi connectivity index (χ4n) is 2.55. The minimum atomic E-state index is -0.430. The third kappa shape index (κ3) is 5.58. The molecule has 0 saturated heterocycles. The highest BCUT2D eigenvalue weighted by Gasteiger charge is 2.12. The number of benzene rings is 2. The minimum absolute atomic E-state index is 0.142. The fourth-order valence-corrected chi connectivity index (χ4v) is 3.04. The van der Waals surface area contributed by atoms with Crippen LogP contribution >= 0.6 is 23.2 Å². The van der Waals surface area contributed by atoms with Crippen LogP contribution in [0.3, 0.4) is 0 Å². The summed E-state index contributed by atoms with van der Waals surface area (Å²) in [4.78, 5) is 28.1. The summed E-state index contributed by atoms with van der Waals surface area (Å²) in [5.41, 5.74) is 2.38. The molecule has 3 rings (SSSR count). The van der Waals surface area contributed by atoms with Gasteiger partial charge in [0.1, 0.15) is 0 Å². The van der Waals surface area contributed by atoms with Crippen LogP contribution in [0.25, 0.3) is 0 Å². The van der Waals surface area contributed by atoms with E-state index in [0.29, 0.717) is 11.6 Å². The van der Waals surface area contributed by atoms with Crippen LogP contribution in [0.1, 0.15) is 21.5 Å². The van der Waals surface area contributed by atoms with Crippen LogP contribution in [0.2, 0.25) is 10.0 Å². The van der Waals surface area contributed by atoms with Crippen molar-refractivity contribution in [3.8, 4) is 0 Å². The topological polar surface area (TPSA) is 76.0 Å². The minimum Gasteiger partial charge on any atom is -0.350 e. The summed E-state index contributed by atoms with van der Waals surface area (Å²) in [5, 5.41) is 5.99. The molecule has 0 bridgehead atoms. The van der Waals surface area contributed by atoms with E-state index in [-0.39, 0.29) is 23.0 Å². The number of nitrogens with one attached hydrogen (secondary N) is 2. The molecule has 0 aliphatic rings. The Morgan fingerprint density at radius 1 is 1.00 bits per heavy atom. The van der Waals surface area contributed by atoms with Crippen molar-refractivity contribution in [2.24, 2.45) is 0 Å². The molecule has 0 unspecified atom stereocenters. The van der Waals surface area contributed by atoms with E-state index < -0.39 is 5.91 Å². The first-order valence-electron chi connectivity index (χ1n) is 8.55. The van der Waals surface area contributed by atoms with Gasteiger partial charge in [-0.15, -0.1) is 0 Å². The molecule has 144 valence electrons. The zero-order chi connectivity index (χ0) is 19.9. The molecule has 3 aromatic rings. The normalized spacial score (nSPS) is 10.5. The zero-order valence-electron chi connectivity index (χ0n) is 14.9. The molecule has 0 aliphatic carbocycles. The zero-order valence-corrected chi connectivity index (χ0v) is 16.4. The monoisotopic (exact) mass is 416 g/mol. The van der Waals surface area contributed by atoms with E-state index in [0.717, 1.165) is 17.7 Å². The number of rotatable bonds is 7. The number of hydrogen-bond acceptors (Lipinski definition) is 3. The average molecular weight is 417 g/mol. The highest BCUT2D eigenvalue weighted by atomic mass is 35.5. The van der Waals surface area contributed by atoms with Crippen LogP contribution in [0.4, 0.5) is 0 Å². The highest BCUT2D eigenvalue weighted by molar-refractivity contribution is 6.36. The Bertz CT molecular complexity index is 957. The third-order valence-corrected chi connectivity index (χ3v) is 4.57. The van der Waals surface area contributed by atoms with E-state index in [1.807, 2.05) is 35.0 Å². The van der Waals surface area contributed by atoms with Crippen LogP contribution in [-0.4, -0.2) is 27.9 Å². The van der Waals surface area contributed by atoms with Crippen molar-refractivity contribution in [1.29, 1.82) is 0 Å².